The second-order valence-electron chi connectivity index (χ2n) is 5.88. The molecule has 0 radical (unpaired) electrons. The molecule has 0 atom stereocenters. The van der Waals surface area contributed by atoms with E-state index in [1.54, 1.807) is 24.3 Å². The maximum atomic E-state index is 12.8. The van der Waals surface area contributed by atoms with Gasteiger partial charge in [-0.2, -0.15) is 18.2 Å². The van der Waals surface area contributed by atoms with Crippen LogP contribution in [0.1, 0.15) is 17.3 Å². The lowest BCUT2D eigenvalue weighted by Gasteiger charge is -2.08. The molecular weight excluding hydrogens is 393 g/mol. The third-order valence-electron chi connectivity index (χ3n) is 3.84. The Balaban J connectivity index is 1.69. The number of nitrogens with one attached hydrogen (secondary N) is 1. The first-order valence-corrected chi connectivity index (χ1v) is 8.29. The number of aromatic nitrogens is 3. The molecule has 29 heavy (non-hydrogen) atoms. The molecule has 1 aromatic carbocycles. The Morgan fingerprint density at radius 2 is 2.00 bits per heavy atom. The van der Waals surface area contributed by atoms with E-state index in [0.717, 1.165) is 10.6 Å². The van der Waals surface area contributed by atoms with Crippen LogP contribution >= 0.6 is 0 Å². The van der Waals surface area contributed by atoms with Gasteiger partial charge in [-0.15, -0.1) is 0 Å². The highest BCUT2D eigenvalue weighted by Crippen LogP contribution is 2.26. The van der Waals surface area contributed by atoms with Crippen LogP contribution in [0, 0.1) is 0 Å². The van der Waals surface area contributed by atoms with Crippen molar-refractivity contribution in [1.82, 2.24) is 14.7 Å². The zero-order chi connectivity index (χ0) is 21.0. The van der Waals surface area contributed by atoms with E-state index in [-0.39, 0.29) is 24.7 Å². The van der Waals surface area contributed by atoms with Crippen molar-refractivity contribution in [1.29, 1.82) is 0 Å². The number of alkyl halides is 3. The van der Waals surface area contributed by atoms with Crippen molar-refractivity contribution in [2.75, 3.05) is 12.4 Å². The van der Waals surface area contributed by atoms with Crippen molar-refractivity contribution in [2.45, 2.75) is 19.1 Å². The van der Waals surface area contributed by atoms with E-state index in [4.69, 9.17) is 9.26 Å². The molecule has 0 fully saturated rings. The third kappa shape index (κ3) is 4.81. The van der Waals surface area contributed by atoms with Gasteiger partial charge >= 0.3 is 6.18 Å². The SMILES string of the molecule is COc1ccccc1NC(=O)Cc1noc(Cn2cccc(C(F)(F)F)c2=O)n1. The van der Waals surface area contributed by atoms with Gasteiger partial charge in [0.05, 0.1) is 19.2 Å². The molecule has 152 valence electrons. The summed E-state index contributed by atoms with van der Waals surface area (Å²) < 4.78 is 49.4. The minimum absolute atomic E-state index is 0.0208. The van der Waals surface area contributed by atoms with Crippen LogP contribution in [0.4, 0.5) is 18.9 Å². The van der Waals surface area contributed by atoms with E-state index >= 15 is 0 Å². The molecule has 0 aliphatic heterocycles. The number of carbonyl (C=O) groups is 1. The number of hydrogen-bond acceptors (Lipinski definition) is 6. The summed E-state index contributed by atoms with van der Waals surface area (Å²) >= 11 is 0. The third-order valence-corrected chi connectivity index (χ3v) is 3.84. The van der Waals surface area contributed by atoms with Crippen LogP contribution in [-0.4, -0.2) is 27.7 Å². The average Bonchev–Trinajstić information content (AvgIpc) is 3.09. The Kier molecular flexibility index (Phi) is 5.66. The van der Waals surface area contributed by atoms with Crippen LogP contribution in [0.2, 0.25) is 0 Å². The average molecular weight is 408 g/mol. The fourth-order valence-electron chi connectivity index (χ4n) is 2.53. The second-order valence-corrected chi connectivity index (χ2v) is 5.88. The maximum Gasteiger partial charge on any atom is 0.421 e. The van der Waals surface area contributed by atoms with Gasteiger partial charge in [-0.3, -0.25) is 9.59 Å². The molecule has 0 saturated heterocycles. The minimum Gasteiger partial charge on any atom is -0.495 e. The number of amides is 1. The first-order valence-electron chi connectivity index (χ1n) is 8.29. The van der Waals surface area contributed by atoms with Gasteiger partial charge in [-0.05, 0) is 24.3 Å². The minimum atomic E-state index is -4.77. The normalized spacial score (nSPS) is 11.3. The molecule has 1 amide bonds. The van der Waals surface area contributed by atoms with E-state index in [1.807, 2.05) is 0 Å². The van der Waals surface area contributed by atoms with E-state index < -0.39 is 23.2 Å². The van der Waals surface area contributed by atoms with Crippen LogP contribution in [0.15, 0.2) is 51.9 Å². The van der Waals surface area contributed by atoms with Crippen molar-refractivity contribution in [3.05, 3.63) is 70.2 Å². The summed E-state index contributed by atoms with van der Waals surface area (Å²) in [6.07, 6.45) is -3.83. The Labute approximate surface area is 161 Å². The molecule has 1 N–H and O–H groups in total. The summed E-state index contributed by atoms with van der Waals surface area (Å²) in [6, 6.07) is 8.59. The molecule has 2 aromatic heterocycles. The highest BCUT2D eigenvalue weighted by atomic mass is 19.4. The molecule has 3 aromatic rings. The van der Waals surface area contributed by atoms with Gasteiger partial charge in [0.15, 0.2) is 5.82 Å². The summed E-state index contributed by atoms with van der Waals surface area (Å²) in [4.78, 5) is 28.1. The van der Waals surface area contributed by atoms with Crippen LogP contribution in [0.3, 0.4) is 0 Å². The zero-order valence-electron chi connectivity index (χ0n) is 15.1. The molecule has 8 nitrogen and oxygen atoms in total. The van der Waals surface area contributed by atoms with Gasteiger partial charge < -0.3 is 19.1 Å². The lowest BCUT2D eigenvalue weighted by Crippen LogP contribution is -2.28. The highest BCUT2D eigenvalue weighted by molar-refractivity contribution is 5.93. The summed E-state index contributed by atoms with van der Waals surface area (Å²) in [5, 5.41) is 6.26. The van der Waals surface area contributed by atoms with Gasteiger partial charge in [0.25, 0.3) is 5.56 Å². The molecular formula is C18H15F3N4O4. The Morgan fingerprint density at radius 1 is 1.24 bits per heavy atom. The fourth-order valence-corrected chi connectivity index (χ4v) is 2.53. The first-order chi connectivity index (χ1) is 13.8. The predicted molar refractivity (Wildman–Crippen MR) is 94.4 cm³/mol. The molecule has 11 heteroatoms. The molecule has 0 aliphatic rings. The quantitative estimate of drug-likeness (QED) is 0.673. The lowest BCUT2D eigenvalue weighted by atomic mass is 10.2. The van der Waals surface area contributed by atoms with Crippen LogP contribution < -0.4 is 15.6 Å². The number of halogens is 3. The van der Waals surface area contributed by atoms with Crippen LogP contribution in [0.5, 0.6) is 5.75 Å². The number of hydrogen-bond donors (Lipinski definition) is 1. The second kappa shape index (κ2) is 8.17. The van der Waals surface area contributed by atoms with E-state index in [2.05, 4.69) is 15.5 Å². The van der Waals surface area contributed by atoms with Gasteiger partial charge in [0.2, 0.25) is 11.8 Å². The first kappa shape index (κ1) is 20.1. The van der Waals surface area contributed by atoms with Crippen molar-refractivity contribution >= 4 is 11.6 Å². The van der Waals surface area contributed by atoms with Crippen molar-refractivity contribution in [2.24, 2.45) is 0 Å². The van der Waals surface area contributed by atoms with Crippen LogP contribution in [-0.2, 0) is 23.9 Å². The topological polar surface area (TPSA) is 99.2 Å². The van der Waals surface area contributed by atoms with E-state index in [9.17, 15) is 22.8 Å². The van der Waals surface area contributed by atoms with Crippen molar-refractivity contribution in [3.63, 3.8) is 0 Å². The highest BCUT2D eigenvalue weighted by Gasteiger charge is 2.34. The Morgan fingerprint density at radius 3 is 2.72 bits per heavy atom. The smallest absolute Gasteiger partial charge is 0.421 e. The number of nitrogens with zero attached hydrogens (tertiary/aromatic N) is 3. The number of carbonyl (C=O) groups excluding carboxylic acids is 1. The van der Waals surface area contributed by atoms with Gasteiger partial charge in [-0.25, -0.2) is 0 Å². The summed E-state index contributed by atoms with van der Waals surface area (Å²) in [5.41, 5.74) is -2.07. The van der Waals surface area contributed by atoms with E-state index in [1.165, 1.54) is 13.3 Å². The number of pyridine rings is 1. The number of methoxy groups -OCH3 is 1. The van der Waals surface area contributed by atoms with Gasteiger partial charge in [-0.1, -0.05) is 17.3 Å². The molecule has 2 heterocycles. The number of para-hydroxylation sites is 2. The summed E-state index contributed by atoms with van der Waals surface area (Å²) in [7, 11) is 1.46. The molecule has 0 aliphatic carbocycles. The Bertz CT molecular complexity index is 1080. The zero-order valence-corrected chi connectivity index (χ0v) is 15.1. The van der Waals surface area contributed by atoms with Gasteiger partial charge in [0.1, 0.15) is 17.9 Å². The van der Waals surface area contributed by atoms with E-state index in [0.29, 0.717) is 17.5 Å². The molecule has 0 bridgehead atoms. The predicted octanol–water partition coefficient (Wildman–Crippen LogP) is 2.49. The largest absolute Gasteiger partial charge is 0.495 e. The lowest BCUT2D eigenvalue weighted by molar-refractivity contribution is -0.139. The Hall–Kier alpha value is -3.63. The standard InChI is InChI=1S/C18H15F3N4O4/c1-28-13-7-3-2-6-12(13)22-15(26)9-14-23-16(29-24-14)10-25-8-4-5-11(17(25)27)18(19,20)21/h2-8H,9-10H2,1H3,(H,22,26). The number of ether oxygens (including phenoxy) is 1. The van der Waals surface area contributed by atoms with Crippen molar-refractivity contribution < 1.29 is 27.2 Å². The summed E-state index contributed by atoms with van der Waals surface area (Å²) in [6.45, 7) is -0.357. The van der Waals surface area contributed by atoms with Crippen molar-refractivity contribution in [3.8, 4) is 5.75 Å². The fraction of sp³-hybridized carbons (Fsp3) is 0.222. The number of rotatable bonds is 6. The molecule has 3 rings (SSSR count). The monoisotopic (exact) mass is 408 g/mol. The summed E-state index contributed by atoms with van der Waals surface area (Å²) in [5.74, 6) is -0.0596. The maximum absolute atomic E-state index is 12.8. The molecule has 0 unspecified atom stereocenters. The molecule has 0 saturated carbocycles. The molecule has 0 spiro atoms. The van der Waals surface area contributed by atoms with Crippen LogP contribution in [0.25, 0.3) is 0 Å². The number of benzene rings is 1. The number of anilines is 1. The van der Waals surface area contributed by atoms with Gasteiger partial charge in [0, 0.05) is 6.20 Å².